The summed E-state index contributed by atoms with van der Waals surface area (Å²) in [6.07, 6.45) is 0. The van der Waals surface area contributed by atoms with Gasteiger partial charge in [-0.1, -0.05) is 39.1 Å². The number of rotatable bonds is 2. The molecule has 0 aliphatic heterocycles. The van der Waals surface area contributed by atoms with Crippen molar-refractivity contribution in [2.24, 2.45) is 0 Å². The average Bonchev–Trinajstić information content (AvgIpc) is 2.36. The number of thiocarbonyl (C=S) groups is 1. The van der Waals surface area contributed by atoms with Crippen LogP contribution in [0, 0.1) is 6.92 Å². The third-order valence-corrected chi connectivity index (χ3v) is 3.86. The van der Waals surface area contributed by atoms with E-state index in [4.69, 9.17) is 35.4 Å². The Morgan fingerprint density at radius 1 is 1.05 bits per heavy atom. The van der Waals surface area contributed by atoms with Crippen LogP contribution < -0.4 is 10.6 Å². The topological polar surface area (TPSA) is 24.1 Å². The molecule has 0 aromatic heterocycles. The van der Waals surface area contributed by atoms with Gasteiger partial charge in [-0.25, -0.2) is 0 Å². The Morgan fingerprint density at radius 2 is 1.70 bits per heavy atom. The first-order chi connectivity index (χ1) is 9.45. The van der Waals surface area contributed by atoms with Gasteiger partial charge in [0.15, 0.2) is 5.11 Å². The van der Waals surface area contributed by atoms with Crippen molar-refractivity contribution in [3.63, 3.8) is 0 Å². The summed E-state index contributed by atoms with van der Waals surface area (Å²) >= 11 is 20.6. The molecule has 0 spiro atoms. The molecule has 0 saturated heterocycles. The van der Waals surface area contributed by atoms with Crippen LogP contribution in [0.25, 0.3) is 0 Å². The smallest absolute Gasteiger partial charge is 0.175 e. The number of nitrogens with one attached hydrogen (secondary N) is 2. The largest absolute Gasteiger partial charge is 0.332 e. The van der Waals surface area contributed by atoms with Crippen molar-refractivity contribution in [2.45, 2.75) is 6.92 Å². The molecule has 104 valence electrons. The van der Waals surface area contributed by atoms with Crippen LogP contribution >= 0.6 is 51.3 Å². The summed E-state index contributed by atoms with van der Waals surface area (Å²) in [6, 6.07) is 11.1. The van der Waals surface area contributed by atoms with Crippen molar-refractivity contribution in [1.29, 1.82) is 0 Å². The van der Waals surface area contributed by atoms with Crippen LogP contribution in [0.2, 0.25) is 10.0 Å². The molecule has 0 unspecified atom stereocenters. The van der Waals surface area contributed by atoms with Gasteiger partial charge in [-0.05, 0) is 61.1 Å². The summed E-state index contributed by atoms with van der Waals surface area (Å²) in [7, 11) is 0. The summed E-state index contributed by atoms with van der Waals surface area (Å²) < 4.78 is 1.03. The Morgan fingerprint density at radius 3 is 2.35 bits per heavy atom. The predicted octanol–water partition coefficient (Wildman–Crippen LogP) is 5.87. The molecule has 2 rings (SSSR count). The molecule has 0 saturated carbocycles. The van der Waals surface area contributed by atoms with Crippen molar-refractivity contribution in [2.75, 3.05) is 10.6 Å². The SMILES string of the molecule is Cc1cc(Br)ccc1NC(=S)Nc1ccc(Cl)cc1Cl. The second-order valence-corrected chi connectivity index (χ2v) is 6.33. The number of anilines is 2. The Labute approximate surface area is 141 Å². The molecule has 0 heterocycles. The Kier molecular flexibility index (Phi) is 5.27. The first-order valence-corrected chi connectivity index (χ1v) is 7.70. The molecular formula is C14H11BrCl2N2S. The van der Waals surface area contributed by atoms with Crippen LogP contribution in [-0.4, -0.2) is 5.11 Å². The maximum absolute atomic E-state index is 6.09. The van der Waals surface area contributed by atoms with Gasteiger partial charge >= 0.3 is 0 Å². The molecular weight excluding hydrogens is 379 g/mol. The van der Waals surface area contributed by atoms with Gasteiger partial charge in [0.2, 0.25) is 0 Å². The third-order valence-electron chi connectivity index (χ3n) is 2.62. The number of hydrogen-bond donors (Lipinski definition) is 2. The summed E-state index contributed by atoms with van der Waals surface area (Å²) in [6.45, 7) is 2.00. The maximum Gasteiger partial charge on any atom is 0.175 e. The van der Waals surface area contributed by atoms with Gasteiger partial charge in [0.05, 0.1) is 10.7 Å². The van der Waals surface area contributed by atoms with E-state index in [0.29, 0.717) is 20.8 Å². The van der Waals surface area contributed by atoms with E-state index < -0.39 is 0 Å². The highest BCUT2D eigenvalue weighted by Gasteiger charge is 2.05. The van der Waals surface area contributed by atoms with Gasteiger partial charge in [-0.3, -0.25) is 0 Å². The van der Waals surface area contributed by atoms with Gasteiger partial charge in [0.25, 0.3) is 0 Å². The second-order valence-electron chi connectivity index (χ2n) is 4.16. The fraction of sp³-hybridized carbons (Fsp3) is 0.0714. The Bertz CT molecular complexity index is 606. The van der Waals surface area contributed by atoms with E-state index in [-0.39, 0.29) is 0 Å². The molecule has 2 N–H and O–H groups in total. The van der Waals surface area contributed by atoms with Gasteiger partial charge in [-0.2, -0.15) is 0 Å². The third kappa shape index (κ3) is 4.09. The summed E-state index contributed by atoms with van der Waals surface area (Å²) in [5, 5.41) is 7.76. The first-order valence-electron chi connectivity index (χ1n) is 5.75. The zero-order chi connectivity index (χ0) is 14.7. The van der Waals surface area contributed by atoms with Gasteiger partial charge in [-0.15, -0.1) is 0 Å². The zero-order valence-electron chi connectivity index (χ0n) is 10.5. The van der Waals surface area contributed by atoms with E-state index in [1.807, 2.05) is 25.1 Å². The fourth-order valence-corrected chi connectivity index (χ4v) is 2.79. The predicted molar refractivity (Wildman–Crippen MR) is 95.2 cm³/mol. The summed E-state index contributed by atoms with van der Waals surface area (Å²) in [4.78, 5) is 0. The molecule has 20 heavy (non-hydrogen) atoms. The van der Waals surface area contributed by atoms with Gasteiger partial charge in [0, 0.05) is 15.2 Å². The molecule has 0 atom stereocenters. The average molecular weight is 390 g/mol. The lowest BCUT2D eigenvalue weighted by Crippen LogP contribution is -2.19. The van der Waals surface area contributed by atoms with Crippen molar-refractivity contribution in [1.82, 2.24) is 0 Å². The van der Waals surface area contributed by atoms with Crippen LogP contribution in [0.3, 0.4) is 0 Å². The van der Waals surface area contributed by atoms with Gasteiger partial charge < -0.3 is 10.6 Å². The molecule has 0 amide bonds. The monoisotopic (exact) mass is 388 g/mol. The number of aryl methyl sites for hydroxylation is 1. The lowest BCUT2D eigenvalue weighted by Gasteiger charge is -2.13. The van der Waals surface area contributed by atoms with E-state index in [2.05, 4.69) is 26.6 Å². The second kappa shape index (κ2) is 6.76. The van der Waals surface area contributed by atoms with Crippen molar-refractivity contribution in [3.05, 3.63) is 56.5 Å². The minimum atomic E-state index is 0.472. The lowest BCUT2D eigenvalue weighted by molar-refractivity contribution is 1.44. The quantitative estimate of drug-likeness (QED) is 0.627. The molecule has 0 bridgehead atoms. The normalized spacial score (nSPS) is 10.2. The van der Waals surface area contributed by atoms with Crippen molar-refractivity contribution in [3.8, 4) is 0 Å². The fourth-order valence-electron chi connectivity index (χ4n) is 1.63. The first kappa shape index (κ1) is 15.6. The number of halogens is 3. The number of hydrogen-bond acceptors (Lipinski definition) is 1. The van der Waals surface area contributed by atoms with Gasteiger partial charge in [0.1, 0.15) is 0 Å². The molecule has 6 heteroatoms. The van der Waals surface area contributed by atoms with Crippen LogP contribution in [-0.2, 0) is 0 Å². The van der Waals surface area contributed by atoms with E-state index in [1.54, 1.807) is 18.2 Å². The van der Waals surface area contributed by atoms with E-state index in [0.717, 1.165) is 15.7 Å². The molecule has 2 aromatic carbocycles. The minimum absolute atomic E-state index is 0.472. The van der Waals surface area contributed by atoms with E-state index >= 15 is 0 Å². The minimum Gasteiger partial charge on any atom is -0.332 e. The molecule has 0 radical (unpaired) electrons. The van der Waals surface area contributed by atoms with E-state index in [1.165, 1.54) is 0 Å². The highest BCUT2D eigenvalue weighted by atomic mass is 79.9. The van der Waals surface area contributed by atoms with E-state index in [9.17, 15) is 0 Å². The molecule has 0 fully saturated rings. The lowest BCUT2D eigenvalue weighted by atomic mass is 10.2. The standard InChI is InChI=1S/C14H11BrCl2N2S/c1-8-6-9(15)2-4-12(8)18-14(20)19-13-5-3-10(16)7-11(13)17/h2-7H,1H3,(H2,18,19,20). The van der Waals surface area contributed by atoms with Crippen LogP contribution in [0.5, 0.6) is 0 Å². The molecule has 2 nitrogen and oxygen atoms in total. The maximum atomic E-state index is 6.09. The molecule has 0 aliphatic rings. The Hall–Kier alpha value is -0.810. The summed E-state index contributed by atoms with van der Waals surface area (Å²) in [5.74, 6) is 0. The number of benzene rings is 2. The zero-order valence-corrected chi connectivity index (χ0v) is 14.4. The molecule has 0 aliphatic carbocycles. The Balaban J connectivity index is 2.09. The van der Waals surface area contributed by atoms with Crippen LogP contribution in [0.4, 0.5) is 11.4 Å². The van der Waals surface area contributed by atoms with Crippen molar-refractivity contribution >= 4 is 67.8 Å². The van der Waals surface area contributed by atoms with Crippen LogP contribution in [0.15, 0.2) is 40.9 Å². The highest BCUT2D eigenvalue weighted by Crippen LogP contribution is 2.26. The summed E-state index contributed by atoms with van der Waals surface area (Å²) in [5.41, 5.74) is 2.74. The molecule has 2 aromatic rings. The highest BCUT2D eigenvalue weighted by molar-refractivity contribution is 9.10. The van der Waals surface area contributed by atoms with Crippen molar-refractivity contribution < 1.29 is 0 Å². The van der Waals surface area contributed by atoms with Crippen LogP contribution in [0.1, 0.15) is 5.56 Å².